The van der Waals surface area contributed by atoms with Crippen LogP contribution in [0.5, 0.6) is 0 Å². The predicted octanol–water partition coefficient (Wildman–Crippen LogP) is 3.68. The third kappa shape index (κ3) is 3.14. The van der Waals surface area contributed by atoms with Gasteiger partial charge in [0.2, 0.25) is 0 Å². The fraction of sp³-hybridized carbons (Fsp3) is 0.143. The molecule has 0 aliphatic carbocycles. The maximum Gasteiger partial charge on any atom is 0.142 e. The Kier molecular flexibility index (Phi) is 4.22. The molecule has 0 saturated carbocycles. The molecule has 0 amide bonds. The fourth-order valence-corrected chi connectivity index (χ4v) is 3.40. The monoisotopic (exact) mass is 297 g/mol. The minimum Gasteiger partial charge on any atom is -0.399 e. The molecule has 2 aromatic carbocycles. The van der Waals surface area contributed by atoms with Gasteiger partial charge in [0.25, 0.3) is 0 Å². The van der Waals surface area contributed by atoms with Crippen LogP contribution < -0.4 is 5.73 Å². The molecule has 0 saturated heterocycles. The quantitative estimate of drug-likeness (QED) is 0.878. The summed E-state index contributed by atoms with van der Waals surface area (Å²) in [5.41, 5.74) is 7.67. The lowest BCUT2D eigenvalue weighted by atomic mass is 10.2. The minimum atomic E-state index is -1.28. The first-order valence-electron chi connectivity index (χ1n) is 5.66. The van der Waals surface area contributed by atoms with Crippen LogP contribution in [0, 0.1) is 12.7 Å². The molecule has 0 heterocycles. The zero-order chi connectivity index (χ0) is 14.0. The lowest BCUT2D eigenvalue weighted by molar-refractivity contribution is 0.626. The highest BCUT2D eigenvalue weighted by Crippen LogP contribution is 2.24. The lowest BCUT2D eigenvalue weighted by Gasteiger charge is -2.08. The predicted molar refractivity (Wildman–Crippen MR) is 77.1 cm³/mol. The smallest absolute Gasteiger partial charge is 0.142 e. The van der Waals surface area contributed by atoms with Crippen LogP contribution in [0.4, 0.5) is 10.1 Å². The van der Waals surface area contributed by atoms with Crippen molar-refractivity contribution >= 4 is 28.1 Å². The summed E-state index contributed by atoms with van der Waals surface area (Å²) in [6.07, 6.45) is 0. The molecule has 0 aliphatic rings. The Balaban J connectivity index is 2.28. The van der Waals surface area contributed by atoms with Gasteiger partial charge >= 0.3 is 0 Å². The van der Waals surface area contributed by atoms with E-state index in [2.05, 4.69) is 0 Å². The summed E-state index contributed by atoms with van der Waals surface area (Å²) < 4.78 is 25.6. The summed E-state index contributed by atoms with van der Waals surface area (Å²) in [4.78, 5) is 0.689. The summed E-state index contributed by atoms with van der Waals surface area (Å²) in [6, 6.07) is 9.71. The van der Waals surface area contributed by atoms with Crippen LogP contribution in [0.2, 0.25) is 5.02 Å². The van der Waals surface area contributed by atoms with E-state index in [1.165, 1.54) is 6.07 Å². The molecule has 5 heteroatoms. The number of nitrogens with two attached hydrogens (primary N) is 1. The molecule has 0 aromatic heterocycles. The van der Waals surface area contributed by atoms with Gasteiger partial charge < -0.3 is 5.73 Å². The first-order chi connectivity index (χ1) is 8.99. The second-order valence-electron chi connectivity index (χ2n) is 4.23. The van der Waals surface area contributed by atoms with Gasteiger partial charge in [-0.3, -0.25) is 4.21 Å². The number of halogens is 2. The summed E-state index contributed by atoms with van der Waals surface area (Å²) in [6.45, 7) is 1.84. The Morgan fingerprint density at radius 2 is 2.05 bits per heavy atom. The summed E-state index contributed by atoms with van der Waals surface area (Å²) in [5.74, 6) is -0.313. The van der Waals surface area contributed by atoms with Gasteiger partial charge in [-0.15, -0.1) is 0 Å². The average Bonchev–Trinajstić information content (AvgIpc) is 2.34. The lowest BCUT2D eigenvalue weighted by Crippen LogP contribution is -2.01. The number of anilines is 1. The number of rotatable bonds is 3. The molecule has 0 fully saturated rings. The Morgan fingerprint density at radius 3 is 2.74 bits per heavy atom. The van der Waals surface area contributed by atoms with E-state index in [1.807, 2.05) is 6.92 Å². The van der Waals surface area contributed by atoms with Crippen molar-refractivity contribution in [2.45, 2.75) is 17.6 Å². The Labute approximate surface area is 118 Å². The maximum absolute atomic E-state index is 13.3. The number of hydrogen-bond acceptors (Lipinski definition) is 2. The van der Waals surface area contributed by atoms with E-state index >= 15 is 0 Å². The van der Waals surface area contributed by atoms with Crippen LogP contribution in [-0.2, 0) is 16.6 Å². The van der Waals surface area contributed by atoms with Crippen LogP contribution in [0.1, 0.15) is 11.1 Å². The zero-order valence-corrected chi connectivity index (χ0v) is 11.9. The average molecular weight is 298 g/mol. The Hall–Kier alpha value is -1.39. The molecule has 2 aromatic rings. The molecular formula is C14H13ClFNOS. The van der Waals surface area contributed by atoms with E-state index < -0.39 is 16.6 Å². The molecule has 0 spiro atoms. The number of benzene rings is 2. The fourth-order valence-electron chi connectivity index (χ4n) is 1.81. The van der Waals surface area contributed by atoms with Crippen molar-refractivity contribution in [3.8, 4) is 0 Å². The van der Waals surface area contributed by atoms with E-state index in [4.69, 9.17) is 17.3 Å². The van der Waals surface area contributed by atoms with Gasteiger partial charge in [0, 0.05) is 10.6 Å². The van der Waals surface area contributed by atoms with Gasteiger partial charge in [0.15, 0.2) is 0 Å². The van der Waals surface area contributed by atoms with Crippen molar-refractivity contribution in [3.05, 3.63) is 58.4 Å². The molecule has 1 atom stereocenters. The topological polar surface area (TPSA) is 43.1 Å². The van der Waals surface area contributed by atoms with E-state index in [0.717, 1.165) is 5.56 Å². The molecule has 2 nitrogen and oxygen atoms in total. The highest BCUT2D eigenvalue weighted by Gasteiger charge is 2.12. The van der Waals surface area contributed by atoms with E-state index in [9.17, 15) is 8.60 Å². The van der Waals surface area contributed by atoms with Crippen LogP contribution in [0.3, 0.4) is 0 Å². The summed E-state index contributed by atoms with van der Waals surface area (Å²) in [5, 5.41) is 0.0314. The molecule has 0 bridgehead atoms. The number of nitrogen functional groups attached to an aromatic ring is 1. The van der Waals surface area contributed by atoms with Crippen molar-refractivity contribution in [2.24, 2.45) is 0 Å². The molecular weight excluding hydrogens is 285 g/mol. The van der Waals surface area contributed by atoms with Gasteiger partial charge in [-0.05, 0) is 42.3 Å². The van der Waals surface area contributed by atoms with Crippen molar-refractivity contribution in [1.82, 2.24) is 0 Å². The second kappa shape index (κ2) is 5.72. The first-order valence-corrected chi connectivity index (χ1v) is 7.36. The zero-order valence-electron chi connectivity index (χ0n) is 10.3. The molecule has 100 valence electrons. The van der Waals surface area contributed by atoms with Crippen LogP contribution in [0.25, 0.3) is 0 Å². The maximum atomic E-state index is 13.3. The summed E-state index contributed by atoms with van der Waals surface area (Å²) >= 11 is 5.86. The normalized spacial score (nSPS) is 12.4. The van der Waals surface area contributed by atoms with Gasteiger partial charge in [0.05, 0.1) is 21.6 Å². The van der Waals surface area contributed by atoms with Crippen LogP contribution >= 0.6 is 11.6 Å². The first kappa shape index (κ1) is 14.0. The molecule has 2 rings (SSSR count). The SMILES string of the molecule is Cc1cc(N)ccc1S(=O)Cc1cccc(F)c1Cl. The van der Waals surface area contributed by atoms with Gasteiger partial charge in [-0.25, -0.2) is 4.39 Å². The Morgan fingerprint density at radius 1 is 1.32 bits per heavy atom. The third-order valence-electron chi connectivity index (χ3n) is 2.76. The second-order valence-corrected chi connectivity index (χ2v) is 6.03. The Bertz CT molecular complexity index is 645. The highest BCUT2D eigenvalue weighted by molar-refractivity contribution is 7.84. The molecule has 0 aliphatic heterocycles. The molecule has 1 unspecified atom stereocenters. The van der Waals surface area contributed by atoms with E-state index in [1.54, 1.807) is 30.3 Å². The van der Waals surface area contributed by atoms with E-state index in [0.29, 0.717) is 16.1 Å². The van der Waals surface area contributed by atoms with Gasteiger partial charge in [-0.2, -0.15) is 0 Å². The summed E-state index contributed by atoms with van der Waals surface area (Å²) in [7, 11) is -1.28. The van der Waals surface area contributed by atoms with Gasteiger partial charge in [0.1, 0.15) is 5.82 Å². The number of hydrogen-bond donors (Lipinski definition) is 1. The van der Waals surface area contributed by atoms with Crippen molar-refractivity contribution in [3.63, 3.8) is 0 Å². The van der Waals surface area contributed by atoms with E-state index in [-0.39, 0.29) is 10.8 Å². The van der Waals surface area contributed by atoms with Crippen LogP contribution in [-0.4, -0.2) is 4.21 Å². The largest absolute Gasteiger partial charge is 0.399 e. The number of aryl methyl sites for hydroxylation is 1. The van der Waals surface area contributed by atoms with Crippen molar-refractivity contribution in [2.75, 3.05) is 5.73 Å². The van der Waals surface area contributed by atoms with Crippen molar-refractivity contribution < 1.29 is 8.60 Å². The van der Waals surface area contributed by atoms with Gasteiger partial charge in [-0.1, -0.05) is 23.7 Å². The van der Waals surface area contributed by atoms with Crippen LogP contribution in [0.15, 0.2) is 41.3 Å². The molecule has 19 heavy (non-hydrogen) atoms. The van der Waals surface area contributed by atoms with Crippen molar-refractivity contribution in [1.29, 1.82) is 0 Å². The third-order valence-corrected chi connectivity index (χ3v) is 4.71. The standard InChI is InChI=1S/C14H13ClFNOS/c1-9-7-11(17)5-6-13(9)19(18)8-10-3-2-4-12(16)14(10)15/h2-7H,8,17H2,1H3. The molecule has 2 N–H and O–H groups in total. The highest BCUT2D eigenvalue weighted by atomic mass is 35.5. The molecule has 0 radical (unpaired) electrons. The minimum absolute atomic E-state index is 0.0314.